The molecule has 16 heteroatoms. The maximum Gasteiger partial charge on any atom is 0.494 e. The highest BCUT2D eigenvalue weighted by Crippen LogP contribution is 2.37. The number of halogens is 5. The molecule has 0 spiro atoms. The van der Waals surface area contributed by atoms with Gasteiger partial charge in [-0.3, -0.25) is 19.2 Å². The number of furan rings is 2. The van der Waals surface area contributed by atoms with Crippen LogP contribution in [0.15, 0.2) is 98.2 Å². The zero-order valence-electron chi connectivity index (χ0n) is 34.7. The second-order valence-electron chi connectivity index (χ2n) is 16.4. The lowest BCUT2D eigenvalue weighted by Crippen LogP contribution is -2.51. The van der Waals surface area contributed by atoms with Gasteiger partial charge in [-0.2, -0.15) is 0 Å². The van der Waals surface area contributed by atoms with Gasteiger partial charge in [0.1, 0.15) is 12.3 Å². The van der Waals surface area contributed by atoms with E-state index in [2.05, 4.69) is 15.9 Å². The van der Waals surface area contributed by atoms with E-state index in [-0.39, 0.29) is 66.5 Å². The predicted octanol–water partition coefficient (Wildman–Crippen LogP) is 10.6. The summed E-state index contributed by atoms with van der Waals surface area (Å²) in [4.78, 5) is 49.9. The second-order valence-corrected chi connectivity index (χ2v) is 18.1. The minimum atomic E-state index is -0.915. The Hall–Kier alpha value is -4.86. The molecule has 6 aromatic rings. The number of hydrogen-bond donors (Lipinski definition) is 0. The van der Waals surface area contributed by atoms with Crippen molar-refractivity contribution in [3.63, 3.8) is 0 Å². The van der Waals surface area contributed by atoms with Gasteiger partial charge in [-0.05, 0) is 105 Å². The zero-order chi connectivity index (χ0) is 44.8. The summed E-state index contributed by atoms with van der Waals surface area (Å²) in [5.74, 6) is 0.0338. The summed E-state index contributed by atoms with van der Waals surface area (Å²) in [7, 11) is -0.437. The van der Waals surface area contributed by atoms with Gasteiger partial charge in [0.2, 0.25) is 0 Å². The maximum atomic E-state index is 12.9. The number of carbonyl (C=O) groups excluding carboxylic acids is 4. The second kappa shape index (κ2) is 17.7. The third-order valence-electron chi connectivity index (χ3n) is 11.2. The van der Waals surface area contributed by atoms with E-state index in [1.165, 1.54) is 23.6 Å². The monoisotopic (exact) mass is 948 g/mol. The third kappa shape index (κ3) is 9.54. The minimum absolute atomic E-state index is 0.103. The molecule has 5 heterocycles. The van der Waals surface area contributed by atoms with E-state index in [0.29, 0.717) is 38.1 Å². The number of fused-ring (bicyclic) bond motifs is 2. The Bertz CT molecular complexity index is 2680. The van der Waals surface area contributed by atoms with Crippen molar-refractivity contribution >= 4 is 97.0 Å². The van der Waals surface area contributed by atoms with Crippen molar-refractivity contribution in [1.82, 2.24) is 9.80 Å². The van der Waals surface area contributed by atoms with Crippen LogP contribution in [0.2, 0.25) is 10.0 Å². The lowest BCUT2D eigenvalue weighted by atomic mass is 9.79. The first-order chi connectivity index (χ1) is 29.2. The fourth-order valence-electron chi connectivity index (χ4n) is 6.81. The Balaban J connectivity index is 0.000000146. The summed E-state index contributed by atoms with van der Waals surface area (Å²) < 4.78 is 49.4. The van der Waals surface area contributed by atoms with Crippen LogP contribution in [-0.4, -0.2) is 90.0 Å². The van der Waals surface area contributed by atoms with Crippen molar-refractivity contribution in [3.05, 3.63) is 122 Å². The molecule has 0 unspecified atom stereocenters. The molecule has 0 aliphatic carbocycles. The van der Waals surface area contributed by atoms with Gasteiger partial charge in [0.05, 0.1) is 47.4 Å². The number of Topliss-reactive ketones (excluding diaryl/α,β-unsaturated/α-hetero) is 2. The Morgan fingerprint density at radius 3 is 1.48 bits per heavy atom. The Morgan fingerprint density at radius 1 is 0.629 bits per heavy atom. The Labute approximate surface area is 375 Å². The lowest BCUT2D eigenvalue weighted by Gasteiger charge is -2.34. The quantitative estimate of drug-likeness (QED) is 0.120. The Kier molecular flexibility index (Phi) is 12.9. The van der Waals surface area contributed by atoms with Crippen molar-refractivity contribution in [1.29, 1.82) is 0 Å². The van der Waals surface area contributed by atoms with Crippen LogP contribution in [0.3, 0.4) is 0 Å². The first-order valence-electron chi connectivity index (χ1n) is 19.8. The molecule has 2 aromatic heterocycles. The van der Waals surface area contributed by atoms with E-state index >= 15 is 0 Å². The van der Waals surface area contributed by atoms with Crippen molar-refractivity contribution in [2.75, 3.05) is 26.2 Å². The zero-order valence-corrected chi connectivity index (χ0v) is 37.8. The molecule has 62 heavy (non-hydrogen) atoms. The van der Waals surface area contributed by atoms with Gasteiger partial charge in [-0.25, -0.2) is 8.78 Å². The highest BCUT2D eigenvalue weighted by molar-refractivity contribution is 9.10. The first kappa shape index (κ1) is 45.2. The maximum absolute atomic E-state index is 12.9. The number of likely N-dealkylation sites (tertiary alicyclic amines) is 2. The van der Waals surface area contributed by atoms with E-state index in [1.54, 1.807) is 48.5 Å². The number of hydrogen-bond acceptors (Lipinski definition) is 8. The molecule has 322 valence electrons. The molecule has 0 N–H and O–H groups in total. The summed E-state index contributed by atoms with van der Waals surface area (Å²) in [6, 6.07) is 24.8. The molecule has 0 bridgehead atoms. The molecule has 3 aliphatic heterocycles. The number of amides is 2. The number of alkyl halides is 2. The number of nitrogens with zero attached hydrogens (tertiary/aromatic N) is 2. The molecule has 4 aromatic carbocycles. The molecule has 0 radical (unpaired) electrons. The molecule has 0 atom stereocenters. The van der Waals surface area contributed by atoms with Crippen molar-refractivity contribution in [3.8, 4) is 11.1 Å². The van der Waals surface area contributed by atoms with Gasteiger partial charge in [0, 0.05) is 40.2 Å². The standard InChI is InChI=1S/C20H15ClFNO3.C16H21BFNO3.C10H6BrClO2/c1-11(24)18-8-15-6-14(7-17(21)19(15)26-18)12-2-4-13(5-3-12)20(25)23-9-16(22)10-23;1-15(2)16(3,4)22-17(21-15)12-7-5-11(6-8-12)14(20)19-9-13(18)10-19;1-5(13)9-3-6-2-7(11)4-8(12)10(6)14-9/h2-8,16H,9-10H2,1H3;5-8,13H,9-10H2,1-4H3;2-4H,1H3. The van der Waals surface area contributed by atoms with Crippen LogP contribution in [0.4, 0.5) is 8.78 Å². The van der Waals surface area contributed by atoms with Crippen LogP contribution in [0.5, 0.6) is 0 Å². The van der Waals surface area contributed by atoms with E-state index < -0.39 is 19.5 Å². The molecule has 0 saturated carbocycles. The van der Waals surface area contributed by atoms with Crippen molar-refractivity contribution in [2.45, 2.75) is 65.1 Å². The lowest BCUT2D eigenvalue weighted by molar-refractivity contribution is 0.00578. The molecule has 2 amide bonds. The topological polar surface area (TPSA) is 120 Å². The van der Waals surface area contributed by atoms with Gasteiger partial charge in [0.25, 0.3) is 11.8 Å². The summed E-state index contributed by atoms with van der Waals surface area (Å²) in [6.07, 6.45) is -1.80. The van der Waals surface area contributed by atoms with Gasteiger partial charge in [-0.1, -0.05) is 63.4 Å². The smallest absolute Gasteiger partial charge is 0.451 e. The highest BCUT2D eigenvalue weighted by Gasteiger charge is 2.51. The number of benzene rings is 4. The van der Waals surface area contributed by atoms with Gasteiger partial charge >= 0.3 is 7.12 Å². The Morgan fingerprint density at radius 2 is 1.05 bits per heavy atom. The summed E-state index contributed by atoms with van der Waals surface area (Å²) >= 11 is 15.6. The number of ketones is 2. The molecular formula is C46H42BBrCl2F2N2O8. The van der Waals surface area contributed by atoms with E-state index in [1.807, 2.05) is 64.1 Å². The average Bonchev–Trinajstić information content (AvgIpc) is 3.89. The molecule has 10 nitrogen and oxygen atoms in total. The minimum Gasteiger partial charge on any atom is -0.451 e. The van der Waals surface area contributed by atoms with Crippen LogP contribution in [0, 0.1) is 0 Å². The molecule has 9 rings (SSSR count). The van der Waals surface area contributed by atoms with Crippen LogP contribution >= 0.6 is 39.1 Å². The largest absolute Gasteiger partial charge is 0.494 e. The van der Waals surface area contributed by atoms with E-state index in [0.717, 1.165) is 31.8 Å². The van der Waals surface area contributed by atoms with E-state index in [9.17, 15) is 28.0 Å². The van der Waals surface area contributed by atoms with Gasteiger partial charge < -0.3 is 27.9 Å². The fourth-order valence-corrected chi connectivity index (χ4v) is 7.95. The van der Waals surface area contributed by atoms with E-state index in [4.69, 9.17) is 41.3 Å². The highest BCUT2D eigenvalue weighted by atomic mass is 79.9. The van der Waals surface area contributed by atoms with Gasteiger partial charge in [0.15, 0.2) is 34.3 Å². The third-order valence-corrected chi connectivity index (χ3v) is 12.2. The van der Waals surface area contributed by atoms with Crippen LogP contribution < -0.4 is 5.46 Å². The molecule has 3 aliphatic rings. The van der Waals surface area contributed by atoms with Crippen molar-refractivity contribution in [2.24, 2.45) is 0 Å². The summed E-state index contributed by atoms with van der Waals surface area (Å²) in [5, 5.41) is 2.49. The van der Waals surface area contributed by atoms with Gasteiger partial charge in [-0.15, -0.1) is 0 Å². The fraction of sp³-hybridized carbons (Fsp3) is 0.304. The number of carbonyl (C=O) groups is 4. The van der Waals surface area contributed by atoms with Crippen molar-refractivity contribution < 1.29 is 46.1 Å². The molecule has 3 saturated heterocycles. The summed E-state index contributed by atoms with van der Waals surface area (Å²) in [6.45, 7) is 11.6. The SMILES string of the molecule is CC(=O)c1cc2cc(-c3ccc(C(=O)N4CC(F)C4)cc3)cc(Cl)c2o1.CC(=O)c1cc2cc(Br)cc(Cl)c2o1.CC1(C)OB(c2ccc(C(=O)N3CC(F)C3)cc2)OC1(C)C. The predicted molar refractivity (Wildman–Crippen MR) is 239 cm³/mol. The van der Waals surface area contributed by atoms with Crippen LogP contribution in [-0.2, 0) is 9.31 Å². The molecule has 3 fully saturated rings. The average molecular weight is 950 g/mol. The first-order valence-corrected chi connectivity index (χ1v) is 21.3. The normalized spacial score (nSPS) is 16.9. The number of rotatable bonds is 6. The summed E-state index contributed by atoms with van der Waals surface area (Å²) in [5.41, 5.74) is 3.95. The van der Waals surface area contributed by atoms with Crippen LogP contribution in [0.25, 0.3) is 33.1 Å². The van der Waals surface area contributed by atoms with Crippen LogP contribution in [0.1, 0.15) is 83.4 Å². The molecular weight excluding hydrogens is 908 g/mol.